The van der Waals surface area contributed by atoms with E-state index in [0.29, 0.717) is 0 Å². The highest BCUT2D eigenvalue weighted by molar-refractivity contribution is 9.28. The normalized spacial score (nSPS) is 46.4. The molecule has 0 heterocycles. The Morgan fingerprint density at radius 2 is 0.750 bits per heavy atom. The summed E-state index contributed by atoms with van der Waals surface area (Å²) in [5.41, 5.74) is 2.45. The minimum Gasteiger partial charge on any atom is -0.121 e. The number of rotatable bonds is 4. The number of halogens is 14. The molecule has 8 unspecified atom stereocenters. The number of hydrogen-bond acceptors (Lipinski definition) is 0. The molecule has 0 aliphatic heterocycles. The topological polar surface area (TPSA) is 0 Å². The van der Waals surface area contributed by atoms with Crippen LogP contribution in [-0.2, 0) is 12.8 Å². The van der Waals surface area contributed by atoms with Gasteiger partial charge in [0, 0.05) is 29.8 Å². The third-order valence-electron chi connectivity index (χ3n) is 7.91. The van der Waals surface area contributed by atoms with Gasteiger partial charge in [-0.3, -0.25) is 0 Å². The molecule has 1 aromatic rings. The molecule has 0 spiro atoms. The molecule has 5 rings (SSSR count). The van der Waals surface area contributed by atoms with E-state index >= 15 is 0 Å². The summed E-state index contributed by atoms with van der Waals surface area (Å²) in [6.45, 7) is 0. The van der Waals surface area contributed by atoms with Crippen LogP contribution in [0.3, 0.4) is 0 Å². The number of fused-ring (bicyclic) bond motifs is 4. The molecule has 36 heavy (non-hydrogen) atoms. The van der Waals surface area contributed by atoms with E-state index in [1.807, 2.05) is 0 Å². The first kappa shape index (κ1) is 32.4. The molecule has 0 amide bonds. The molecule has 198 valence electrons. The maximum atomic E-state index is 7.11. The van der Waals surface area contributed by atoms with E-state index in [0.717, 1.165) is 30.8 Å². The standard InChI is InChI=1S/C22H12Br12Cl2/c23-11-13(25)19(29)15(35)9(17(11,27)21(19,31)32)5-7-1-2-8(4-3-7)6-10-16(36)20(30)14(26)12(24)18(10,28)22(20,33)34/h1-4,9-10,15-16H,5-6H2. The Kier molecular flexibility index (Phi) is 9.26. The second-order valence-electron chi connectivity index (χ2n) is 9.49. The smallest absolute Gasteiger partial charge is 0.121 e. The van der Waals surface area contributed by atoms with Crippen LogP contribution in [0.5, 0.6) is 0 Å². The zero-order valence-electron chi connectivity index (χ0n) is 17.3. The van der Waals surface area contributed by atoms with Crippen LogP contribution in [0, 0.1) is 11.8 Å². The molecule has 0 saturated heterocycles. The highest BCUT2D eigenvalue weighted by Gasteiger charge is 2.81. The Bertz CT molecular complexity index is 1120. The average molecular weight is 1310 g/mol. The van der Waals surface area contributed by atoms with Gasteiger partial charge in [-0.25, -0.2) is 0 Å². The molecule has 8 atom stereocenters. The molecule has 4 aliphatic carbocycles. The third kappa shape index (κ3) is 3.73. The molecule has 2 saturated carbocycles. The fraction of sp³-hybridized carbons (Fsp3) is 0.545. The van der Waals surface area contributed by atoms with Gasteiger partial charge in [-0.15, -0.1) is 23.2 Å². The van der Waals surface area contributed by atoms with Crippen molar-refractivity contribution in [3.63, 3.8) is 0 Å². The Morgan fingerprint density at radius 3 is 1.00 bits per heavy atom. The summed E-state index contributed by atoms with van der Waals surface area (Å²) in [6.07, 6.45) is 1.62. The zero-order chi connectivity index (χ0) is 27.0. The lowest BCUT2D eigenvalue weighted by molar-refractivity contribution is 0.486. The van der Waals surface area contributed by atoms with Crippen molar-refractivity contribution in [3.8, 4) is 0 Å². The lowest BCUT2D eigenvalue weighted by Gasteiger charge is -2.36. The van der Waals surface area contributed by atoms with Crippen molar-refractivity contribution in [3.05, 3.63) is 53.3 Å². The van der Waals surface area contributed by atoms with Gasteiger partial charge in [0.1, 0.15) is 15.1 Å². The van der Waals surface area contributed by atoms with Gasteiger partial charge in [0.2, 0.25) is 0 Å². The Labute approximate surface area is 321 Å². The van der Waals surface area contributed by atoms with Crippen molar-refractivity contribution in [1.82, 2.24) is 0 Å². The lowest BCUT2D eigenvalue weighted by atomic mass is 9.85. The van der Waals surface area contributed by atoms with Crippen LogP contribution in [0.2, 0.25) is 0 Å². The van der Waals surface area contributed by atoms with Gasteiger partial charge in [-0.05, 0) is 24.0 Å². The maximum absolute atomic E-state index is 7.11. The lowest BCUT2D eigenvalue weighted by Crippen LogP contribution is -2.43. The van der Waals surface area contributed by atoms with E-state index < -0.39 is 23.8 Å². The Morgan fingerprint density at radius 1 is 0.500 bits per heavy atom. The van der Waals surface area contributed by atoms with E-state index in [9.17, 15) is 0 Å². The molecular formula is C22H12Br12Cl2. The van der Waals surface area contributed by atoms with E-state index in [4.69, 9.17) is 23.2 Å². The molecule has 0 radical (unpaired) electrons. The average Bonchev–Trinajstić information content (AvgIpc) is 3.12. The molecule has 0 N–H and O–H groups in total. The quantitative estimate of drug-likeness (QED) is 0.264. The van der Waals surface area contributed by atoms with Crippen LogP contribution < -0.4 is 0 Å². The Balaban J connectivity index is 1.40. The van der Waals surface area contributed by atoms with Crippen molar-refractivity contribution in [2.24, 2.45) is 11.8 Å². The van der Waals surface area contributed by atoms with Gasteiger partial charge in [0.25, 0.3) is 0 Å². The van der Waals surface area contributed by atoms with Gasteiger partial charge >= 0.3 is 0 Å². The molecule has 4 aliphatic rings. The maximum Gasteiger partial charge on any atom is 0.122 e. The molecule has 0 aromatic heterocycles. The summed E-state index contributed by atoms with van der Waals surface area (Å²) in [5.74, 6) is 0.216. The fourth-order valence-electron chi connectivity index (χ4n) is 5.86. The van der Waals surface area contributed by atoms with Crippen LogP contribution in [0.25, 0.3) is 0 Å². The highest BCUT2D eigenvalue weighted by Crippen LogP contribution is 2.80. The molecular weight excluding hydrogens is 1290 g/mol. The molecule has 4 bridgehead atoms. The van der Waals surface area contributed by atoms with Gasteiger partial charge < -0.3 is 0 Å². The van der Waals surface area contributed by atoms with Crippen LogP contribution in [0.15, 0.2) is 42.2 Å². The van der Waals surface area contributed by atoms with Crippen molar-refractivity contribution >= 4 is 214 Å². The number of hydrogen-bond donors (Lipinski definition) is 0. The van der Waals surface area contributed by atoms with E-state index in [2.05, 4.69) is 215 Å². The monoisotopic (exact) mass is 1290 g/mol. The van der Waals surface area contributed by atoms with Crippen LogP contribution in [0.4, 0.5) is 0 Å². The summed E-state index contributed by atoms with van der Waals surface area (Å²) in [6, 6.07) is 8.82. The minimum absolute atomic E-state index is 0.108. The van der Waals surface area contributed by atoms with Gasteiger partial charge in [0.05, 0.1) is 19.4 Å². The second kappa shape index (κ2) is 10.3. The fourth-order valence-corrected chi connectivity index (χ4v) is 22.6. The molecule has 1 aromatic carbocycles. The summed E-state index contributed by atoms with van der Waals surface area (Å²) in [5, 5.41) is -0.345. The Hall–Kier alpha value is 5.04. The summed E-state index contributed by atoms with van der Waals surface area (Å²) in [4.78, 5) is 0. The van der Waals surface area contributed by atoms with Crippen molar-refractivity contribution in [1.29, 1.82) is 0 Å². The third-order valence-corrected chi connectivity index (χ3v) is 32.4. The second-order valence-corrected chi connectivity index (χ2v) is 25.5. The molecule has 14 heteroatoms. The van der Waals surface area contributed by atoms with Gasteiger partial charge in [-0.2, -0.15) is 0 Å². The zero-order valence-corrected chi connectivity index (χ0v) is 37.9. The van der Waals surface area contributed by atoms with Crippen molar-refractivity contribution < 1.29 is 0 Å². The molecule has 2 fully saturated rings. The van der Waals surface area contributed by atoms with Crippen molar-refractivity contribution in [2.45, 2.75) is 47.4 Å². The van der Waals surface area contributed by atoms with E-state index in [1.54, 1.807) is 0 Å². The summed E-state index contributed by atoms with van der Waals surface area (Å²) >= 11 is 61.1. The first-order valence-electron chi connectivity index (χ1n) is 10.4. The predicted molar refractivity (Wildman–Crippen MR) is 198 cm³/mol. The van der Waals surface area contributed by atoms with Crippen molar-refractivity contribution in [2.75, 3.05) is 0 Å². The summed E-state index contributed by atoms with van der Waals surface area (Å²) < 4.78 is 1.21. The first-order chi connectivity index (χ1) is 16.4. The summed E-state index contributed by atoms with van der Waals surface area (Å²) in [7, 11) is 0. The van der Waals surface area contributed by atoms with Crippen LogP contribution in [0.1, 0.15) is 11.1 Å². The predicted octanol–water partition coefficient (Wildman–Crippen LogP) is 12.8. The largest absolute Gasteiger partial charge is 0.122 e. The highest BCUT2D eigenvalue weighted by atomic mass is 79.9. The van der Waals surface area contributed by atoms with E-state index in [-0.39, 0.29) is 22.6 Å². The van der Waals surface area contributed by atoms with Gasteiger partial charge in [-0.1, -0.05) is 215 Å². The molecule has 0 nitrogen and oxygen atoms in total. The van der Waals surface area contributed by atoms with Gasteiger partial charge in [0.15, 0.2) is 0 Å². The number of benzene rings is 1. The number of allylic oxidation sites excluding steroid dienone is 4. The van der Waals surface area contributed by atoms with E-state index in [1.165, 1.54) is 11.1 Å². The SMILES string of the molecule is ClC1C(Cc2ccc(CC3C(Cl)C4(Br)C(Br)=C(Br)C3(Br)C4(Br)Br)cc2)C2(Br)C(Br)=C(Br)C1(Br)C2(Br)Br. The first-order valence-corrected chi connectivity index (χ1v) is 20.8. The minimum atomic E-state index is -0.505. The number of alkyl halides is 10. The van der Waals surface area contributed by atoms with Crippen LogP contribution in [-0.4, -0.2) is 34.5 Å². The van der Waals surface area contributed by atoms with Crippen LogP contribution >= 0.6 is 214 Å².